The van der Waals surface area contributed by atoms with Gasteiger partial charge in [0, 0.05) is 12.1 Å². The third-order valence-corrected chi connectivity index (χ3v) is 5.56. The van der Waals surface area contributed by atoms with E-state index in [4.69, 9.17) is 5.41 Å². The summed E-state index contributed by atoms with van der Waals surface area (Å²) < 4.78 is 49.7. The van der Waals surface area contributed by atoms with Gasteiger partial charge in [-0.3, -0.25) is 10.1 Å². The van der Waals surface area contributed by atoms with Gasteiger partial charge in [0.15, 0.2) is 4.80 Å². The lowest BCUT2D eigenvalue weighted by atomic mass is 10.1. The molecule has 8 nitrogen and oxygen atoms in total. The number of nitrogens with one attached hydrogen (secondary N) is 1. The molecule has 0 spiro atoms. The van der Waals surface area contributed by atoms with Gasteiger partial charge in [-0.25, -0.2) is 4.79 Å². The molecule has 0 aliphatic heterocycles. The maximum absolute atomic E-state index is 12.4. The molecule has 166 valence electrons. The number of aryl methyl sites for hydroxylation is 2. The first-order chi connectivity index (χ1) is 15.2. The Kier molecular flexibility index (Phi) is 5.70. The van der Waals surface area contributed by atoms with Gasteiger partial charge in [0.05, 0.1) is 35.6 Å². The molecule has 4 rings (SSSR count). The van der Waals surface area contributed by atoms with E-state index in [1.165, 1.54) is 25.3 Å². The van der Waals surface area contributed by atoms with Crippen molar-refractivity contribution >= 4 is 27.5 Å². The van der Waals surface area contributed by atoms with E-state index in [0.29, 0.717) is 34.6 Å². The topological polar surface area (TPSA) is 95.0 Å². The largest absolute Gasteiger partial charge is 0.573 e. The normalized spacial score (nSPS) is 11.6. The van der Waals surface area contributed by atoms with Gasteiger partial charge in [0.1, 0.15) is 11.4 Å². The fraction of sp³-hybridized carbons (Fsp3) is 0.200. The SMILES string of the molecule is COC(=O)c1ccc(-c2cn(CCn3c(=N)sc4cc(OC(F)(F)F)ccc43)nn2)cc1. The zero-order valence-electron chi connectivity index (χ0n) is 16.6. The number of halogens is 3. The Bertz CT molecular complexity index is 1320. The number of ether oxygens (including phenoxy) is 2. The van der Waals surface area contributed by atoms with Crippen molar-refractivity contribution in [1.82, 2.24) is 19.6 Å². The van der Waals surface area contributed by atoms with Crippen LogP contribution in [0.4, 0.5) is 13.2 Å². The number of alkyl halides is 3. The summed E-state index contributed by atoms with van der Waals surface area (Å²) in [7, 11) is 1.31. The van der Waals surface area contributed by atoms with Gasteiger partial charge in [-0.1, -0.05) is 28.7 Å². The molecule has 1 N–H and O–H groups in total. The number of methoxy groups -OCH3 is 1. The van der Waals surface area contributed by atoms with E-state index in [1.807, 2.05) is 0 Å². The summed E-state index contributed by atoms with van der Waals surface area (Å²) in [6, 6.07) is 10.8. The monoisotopic (exact) mass is 463 g/mol. The quantitative estimate of drug-likeness (QED) is 0.439. The van der Waals surface area contributed by atoms with Gasteiger partial charge in [-0.2, -0.15) is 0 Å². The number of esters is 1. The van der Waals surface area contributed by atoms with Crippen LogP contribution < -0.4 is 9.54 Å². The minimum absolute atomic E-state index is 0.197. The van der Waals surface area contributed by atoms with Gasteiger partial charge in [-0.05, 0) is 30.3 Å². The minimum Gasteiger partial charge on any atom is -0.465 e. The highest BCUT2D eigenvalue weighted by molar-refractivity contribution is 7.16. The summed E-state index contributed by atoms with van der Waals surface area (Å²) in [6.07, 6.45) is -3.03. The van der Waals surface area contributed by atoms with Crippen molar-refractivity contribution in [1.29, 1.82) is 5.41 Å². The number of thiazole rings is 1. The molecular formula is C20H16F3N5O3S. The smallest absolute Gasteiger partial charge is 0.465 e. The third-order valence-electron chi connectivity index (χ3n) is 4.60. The first kappa shape index (κ1) is 21.6. The lowest BCUT2D eigenvalue weighted by Crippen LogP contribution is -2.17. The van der Waals surface area contributed by atoms with E-state index in [2.05, 4.69) is 19.8 Å². The molecule has 12 heteroatoms. The summed E-state index contributed by atoms with van der Waals surface area (Å²) in [6.45, 7) is 0.777. The molecule has 0 fully saturated rings. The highest BCUT2D eigenvalue weighted by atomic mass is 32.1. The average molecular weight is 463 g/mol. The van der Waals surface area contributed by atoms with Crippen molar-refractivity contribution in [2.24, 2.45) is 0 Å². The van der Waals surface area contributed by atoms with Crippen LogP contribution in [0, 0.1) is 5.41 Å². The van der Waals surface area contributed by atoms with Crippen molar-refractivity contribution in [3.8, 4) is 17.0 Å². The number of carbonyl (C=O) groups is 1. The third kappa shape index (κ3) is 4.64. The number of hydrogen-bond acceptors (Lipinski definition) is 7. The molecule has 0 aliphatic carbocycles. The number of aromatic nitrogens is 4. The van der Waals surface area contributed by atoms with E-state index < -0.39 is 12.3 Å². The lowest BCUT2D eigenvalue weighted by molar-refractivity contribution is -0.274. The predicted octanol–water partition coefficient (Wildman–Crippen LogP) is 3.83. The zero-order valence-corrected chi connectivity index (χ0v) is 17.4. The molecule has 2 heterocycles. The Morgan fingerprint density at radius 2 is 1.91 bits per heavy atom. The van der Waals surface area contributed by atoms with E-state index in [1.54, 1.807) is 39.7 Å². The molecule has 32 heavy (non-hydrogen) atoms. The molecular weight excluding hydrogens is 447 g/mol. The van der Waals surface area contributed by atoms with Gasteiger partial charge >= 0.3 is 12.3 Å². The van der Waals surface area contributed by atoms with Crippen LogP contribution >= 0.6 is 11.3 Å². The number of benzene rings is 2. The van der Waals surface area contributed by atoms with Crippen molar-refractivity contribution in [3.63, 3.8) is 0 Å². The maximum Gasteiger partial charge on any atom is 0.573 e. The van der Waals surface area contributed by atoms with Crippen LogP contribution in [0.2, 0.25) is 0 Å². The van der Waals surface area contributed by atoms with Crippen LogP contribution in [-0.2, 0) is 17.8 Å². The summed E-state index contributed by atoms with van der Waals surface area (Å²) in [5.74, 6) is -0.749. The fourth-order valence-corrected chi connectivity index (χ4v) is 4.09. The van der Waals surface area contributed by atoms with E-state index in [9.17, 15) is 18.0 Å². The second-order valence-corrected chi connectivity index (χ2v) is 7.70. The first-order valence-corrected chi connectivity index (χ1v) is 10.1. The molecule has 0 unspecified atom stereocenters. The second-order valence-electron chi connectivity index (χ2n) is 6.67. The number of hydrogen-bond donors (Lipinski definition) is 1. The lowest BCUT2D eigenvalue weighted by Gasteiger charge is -2.09. The molecule has 4 aromatic rings. The molecule has 2 aromatic heterocycles. The van der Waals surface area contributed by atoms with E-state index >= 15 is 0 Å². The Morgan fingerprint density at radius 1 is 1.16 bits per heavy atom. The average Bonchev–Trinajstić information content (AvgIpc) is 3.34. The van der Waals surface area contributed by atoms with Crippen LogP contribution in [0.5, 0.6) is 5.75 Å². The van der Waals surface area contributed by atoms with Crippen LogP contribution in [0.3, 0.4) is 0 Å². The predicted molar refractivity (Wildman–Crippen MR) is 109 cm³/mol. The van der Waals surface area contributed by atoms with E-state index in [0.717, 1.165) is 16.9 Å². The summed E-state index contributed by atoms with van der Waals surface area (Å²) in [4.78, 5) is 11.7. The van der Waals surface area contributed by atoms with Gasteiger partial charge in [0.25, 0.3) is 0 Å². The summed E-state index contributed by atoms with van der Waals surface area (Å²) in [5, 5.41) is 16.4. The van der Waals surface area contributed by atoms with Gasteiger partial charge in [-0.15, -0.1) is 18.3 Å². The van der Waals surface area contributed by atoms with Crippen LogP contribution in [0.15, 0.2) is 48.7 Å². The van der Waals surface area contributed by atoms with Crippen molar-refractivity contribution in [3.05, 3.63) is 59.0 Å². The molecule has 0 saturated heterocycles. The Labute approximate surface area is 182 Å². The summed E-state index contributed by atoms with van der Waals surface area (Å²) in [5.41, 5.74) is 2.45. The molecule has 0 saturated carbocycles. The molecule has 0 atom stereocenters. The van der Waals surface area contributed by atoms with E-state index in [-0.39, 0.29) is 10.6 Å². The number of carbonyl (C=O) groups excluding carboxylic acids is 1. The first-order valence-electron chi connectivity index (χ1n) is 9.26. The molecule has 0 bridgehead atoms. The summed E-state index contributed by atoms with van der Waals surface area (Å²) >= 11 is 1.06. The Morgan fingerprint density at radius 3 is 2.59 bits per heavy atom. The fourth-order valence-electron chi connectivity index (χ4n) is 3.12. The number of nitrogens with zero attached hydrogens (tertiary/aromatic N) is 4. The standard InChI is InChI=1S/C20H16F3N5O3S/c1-30-18(29)13-4-2-12(3-5-13)15-11-27(26-25-15)8-9-28-16-7-6-14(31-20(21,22)23)10-17(16)32-19(28)24/h2-7,10-11,24H,8-9H2,1H3. The second kappa shape index (κ2) is 8.46. The van der Waals surface area contributed by atoms with Crippen molar-refractivity contribution in [2.75, 3.05) is 7.11 Å². The maximum atomic E-state index is 12.4. The Hall–Kier alpha value is -3.67. The highest BCUT2D eigenvalue weighted by Crippen LogP contribution is 2.28. The Balaban J connectivity index is 1.48. The number of rotatable bonds is 6. The van der Waals surface area contributed by atoms with Crippen LogP contribution in [0.25, 0.3) is 21.5 Å². The molecule has 0 aliphatic rings. The van der Waals surface area contributed by atoms with Gasteiger partial charge < -0.3 is 14.0 Å². The zero-order chi connectivity index (χ0) is 22.9. The van der Waals surface area contributed by atoms with Crippen molar-refractivity contribution in [2.45, 2.75) is 19.5 Å². The molecule has 0 amide bonds. The minimum atomic E-state index is -4.77. The highest BCUT2D eigenvalue weighted by Gasteiger charge is 2.31. The molecule has 2 aromatic carbocycles. The van der Waals surface area contributed by atoms with Crippen LogP contribution in [0.1, 0.15) is 10.4 Å². The van der Waals surface area contributed by atoms with Crippen molar-refractivity contribution < 1.29 is 27.4 Å². The molecule has 0 radical (unpaired) electrons. The van der Waals surface area contributed by atoms with Gasteiger partial charge in [0.2, 0.25) is 0 Å². The number of fused-ring (bicyclic) bond motifs is 1. The van der Waals surface area contributed by atoms with Crippen LogP contribution in [-0.4, -0.2) is 39.0 Å².